The number of hydrazine groups is 1. The summed E-state index contributed by atoms with van der Waals surface area (Å²) in [5.74, 6) is -2.11. The summed E-state index contributed by atoms with van der Waals surface area (Å²) in [5, 5.41) is 11.9. The summed E-state index contributed by atoms with van der Waals surface area (Å²) >= 11 is 7.24. The van der Waals surface area contributed by atoms with Gasteiger partial charge in [0.2, 0.25) is 23.4 Å². The Kier molecular flexibility index (Phi) is 8.58. The molecule has 0 saturated heterocycles. The average Bonchev–Trinajstić information content (AvgIpc) is 3.44. The molecule has 1 aliphatic rings. The lowest BCUT2D eigenvalue weighted by Crippen LogP contribution is -2.41. The number of hydrogen-bond donors (Lipinski definition) is 4. The number of carbonyl (C=O) groups is 2. The van der Waals surface area contributed by atoms with Crippen LogP contribution in [0.5, 0.6) is 0 Å². The maximum absolute atomic E-state index is 15.1. The molecule has 3 rings (SSSR count). The Morgan fingerprint density at radius 2 is 2.15 bits per heavy atom. The minimum Gasteiger partial charge on any atom is -0.375 e. The number of nitrogens with one attached hydrogen (secondary N) is 2. The number of carbonyl (C=O) groups excluding carboxylic acids is 2. The maximum atomic E-state index is 15.1. The molecule has 0 radical (unpaired) electrons. The molecule has 11 nitrogen and oxygen atoms in total. The second-order valence-electron chi connectivity index (χ2n) is 7.94. The molecule has 1 fully saturated rings. The van der Waals surface area contributed by atoms with Crippen LogP contribution in [0.2, 0.25) is 5.28 Å². The number of aromatic nitrogens is 3. The fraction of sp³-hybridized carbons (Fsp3) is 0.526. The highest BCUT2D eigenvalue weighted by Gasteiger charge is 2.27. The summed E-state index contributed by atoms with van der Waals surface area (Å²) in [5.41, 5.74) is 11.1. The van der Waals surface area contributed by atoms with Crippen LogP contribution in [0.15, 0.2) is 5.38 Å². The molecule has 180 valence electrons. The first-order valence-electron chi connectivity index (χ1n) is 10.4. The Morgan fingerprint density at radius 3 is 2.79 bits per heavy atom. The van der Waals surface area contributed by atoms with E-state index in [0.717, 1.165) is 25.7 Å². The van der Waals surface area contributed by atoms with Gasteiger partial charge in [-0.2, -0.15) is 14.4 Å². The van der Waals surface area contributed by atoms with E-state index in [4.69, 9.17) is 17.3 Å². The number of anilines is 3. The van der Waals surface area contributed by atoms with Crippen LogP contribution in [-0.2, 0) is 16.1 Å². The number of nitrogens with two attached hydrogens (primary N) is 1. The zero-order chi connectivity index (χ0) is 24.0. The van der Waals surface area contributed by atoms with Gasteiger partial charge in [-0.15, -0.1) is 11.3 Å². The SMILES string of the molecule is CN(Cc1csc(N)n1)c1nc(Cl)nc(NNC(=O)[C@@H](CC2CCCC2)CN(O)C=O)c1F. The van der Waals surface area contributed by atoms with Crippen LogP contribution in [0.4, 0.5) is 21.2 Å². The van der Waals surface area contributed by atoms with Crippen LogP contribution in [0.1, 0.15) is 37.8 Å². The van der Waals surface area contributed by atoms with Crippen molar-refractivity contribution in [3.63, 3.8) is 0 Å². The number of halogens is 2. The third-order valence-corrected chi connectivity index (χ3v) is 6.33. The molecule has 33 heavy (non-hydrogen) atoms. The van der Waals surface area contributed by atoms with Crippen LogP contribution in [0.25, 0.3) is 0 Å². The summed E-state index contributed by atoms with van der Waals surface area (Å²) in [7, 11) is 1.60. The zero-order valence-electron chi connectivity index (χ0n) is 18.0. The molecule has 0 unspecified atom stereocenters. The van der Waals surface area contributed by atoms with Crippen LogP contribution in [0.3, 0.4) is 0 Å². The van der Waals surface area contributed by atoms with Crippen LogP contribution < -0.4 is 21.5 Å². The van der Waals surface area contributed by atoms with Crippen molar-refractivity contribution >= 4 is 52.0 Å². The largest absolute Gasteiger partial charge is 0.375 e. The standard InChI is InChI=1S/C19H26ClFN8O3S/c1-28(8-13-9-33-19(22)23-13)16-14(21)15(24-18(20)25-16)26-27-17(31)12(7-29(32)10-30)6-11-4-2-3-5-11/h9-12,32H,2-8H2,1H3,(H2,22,23)(H,27,31)(H,24,25,26)/t12-/m0/s1. The monoisotopic (exact) mass is 500 g/mol. The van der Waals surface area contributed by atoms with E-state index in [1.54, 1.807) is 12.4 Å². The number of rotatable bonds is 11. The fourth-order valence-corrected chi connectivity index (χ4v) is 4.58. The van der Waals surface area contributed by atoms with Crippen molar-refractivity contribution in [2.24, 2.45) is 11.8 Å². The molecular formula is C19H26ClFN8O3S. The number of hydroxylamine groups is 2. The van der Waals surface area contributed by atoms with Crippen LogP contribution >= 0.6 is 22.9 Å². The van der Waals surface area contributed by atoms with E-state index >= 15 is 4.39 Å². The van der Waals surface area contributed by atoms with E-state index in [1.165, 1.54) is 16.2 Å². The second-order valence-corrected chi connectivity index (χ2v) is 9.16. The smallest absolute Gasteiger partial charge is 0.243 e. The van der Waals surface area contributed by atoms with Crippen molar-refractivity contribution in [3.05, 3.63) is 22.2 Å². The highest BCUT2D eigenvalue weighted by molar-refractivity contribution is 7.13. The normalized spacial score (nSPS) is 14.7. The molecule has 2 amide bonds. The molecule has 2 aromatic heterocycles. The number of nitrogen functional groups attached to an aromatic ring is 1. The molecule has 0 aromatic carbocycles. The Morgan fingerprint density at radius 1 is 1.42 bits per heavy atom. The van der Waals surface area contributed by atoms with Gasteiger partial charge in [0.05, 0.1) is 24.7 Å². The maximum Gasteiger partial charge on any atom is 0.243 e. The Balaban J connectivity index is 1.69. The van der Waals surface area contributed by atoms with E-state index in [0.29, 0.717) is 28.2 Å². The van der Waals surface area contributed by atoms with Gasteiger partial charge in [0.15, 0.2) is 16.8 Å². The number of nitrogens with zero attached hydrogens (tertiary/aromatic N) is 5. The molecule has 1 aliphatic carbocycles. The van der Waals surface area contributed by atoms with E-state index in [-0.39, 0.29) is 36.4 Å². The van der Waals surface area contributed by atoms with Gasteiger partial charge in [0.25, 0.3) is 0 Å². The van der Waals surface area contributed by atoms with Gasteiger partial charge in [-0.1, -0.05) is 25.7 Å². The van der Waals surface area contributed by atoms with Gasteiger partial charge >= 0.3 is 0 Å². The molecule has 0 aliphatic heterocycles. The Labute approximate surface area is 199 Å². The van der Waals surface area contributed by atoms with Crippen molar-refractivity contribution in [2.45, 2.75) is 38.6 Å². The second kappa shape index (κ2) is 11.4. The van der Waals surface area contributed by atoms with Crippen molar-refractivity contribution in [1.82, 2.24) is 25.4 Å². The summed E-state index contributed by atoms with van der Waals surface area (Å²) < 4.78 is 15.1. The summed E-state index contributed by atoms with van der Waals surface area (Å²) in [6, 6.07) is 0. The Bertz CT molecular complexity index is 975. The average molecular weight is 501 g/mol. The van der Waals surface area contributed by atoms with E-state index in [2.05, 4.69) is 25.8 Å². The topological polar surface area (TPSA) is 150 Å². The molecule has 14 heteroatoms. The predicted molar refractivity (Wildman–Crippen MR) is 122 cm³/mol. The molecular weight excluding hydrogens is 475 g/mol. The first kappa shape index (κ1) is 24.9. The highest BCUT2D eigenvalue weighted by atomic mass is 35.5. The van der Waals surface area contributed by atoms with Crippen LogP contribution in [0, 0.1) is 17.7 Å². The first-order chi connectivity index (χ1) is 15.8. The molecule has 1 saturated carbocycles. The first-order valence-corrected chi connectivity index (χ1v) is 11.6. The van der Waals surface area contributed by atoms with Crippen molar-refractivity contribution in [2.75, 3.05) is 29.7 Å². The van der Waals surface area contributed by atoms with E-state index in [1.807, 2.05) is 0 Å². The lowest BCUT2D eigenvalue weighted by Gasteiger charge is -2.23. The van der Waals surface area contributed by atoms with Gasteiger partial charge in [0, 0.05) is 12.4 Å². The van der Waals surface area contributed by atoms with Gasteiger partial charge in [-0.3, -0.25) is 25.6 Å². The summed E-state index contributed by atoms with van der Waals surface area (Å²) in [6.45, 7) is 0.0521. The molecule has 0 bridgehead atoms. The van der Waals surface area contributed by atoms with Gasteiger partial charge < -0.3 is 10.6 Å². The van der Waals surface area contributed by atoms with Gasteiger partial charge in [0.1, 0.15) is 0 Å². The van der Waals surface area contributed by atoms with Crippen molar-refractivity contribution in [3.8, 4) is 0 Å². The zero-order valence-corrected chi connectivity index (χ0v) is 19.6. The molecule has 0 spiro atoms. The molecule has 5 N–H and O–H groups in total. The Hall–Kier alpha value is -2.77. The van der Waals surface area contributed by atoms with E-state index in [9.17, 15) is 14.8 Å². The molecule has 2 heterocycles. The van der Waals surface area contributed by atoms with Crippen molar-refractivity contribution < 1.29 is 19.2 Å². The van der Waals surface area contributed by atoms with Gasteiger partial charge in [-0.05, 0) is 23.9 Å². The third kappa shape index (κ3) is 6.85. The number of amides is 2. The van der Waals surface area contributed by atoms with Crippen LogP contribution in [-0.4, -0.2) is 51.1 Å². The molecule has 1 atom stereocenters. The summed E-state index contributed by atoms with van der Waals surface area (Å²) in [6.07, 6.45) is 4.88. The molecule has 2 aromatic rings. The number of hydrogen-bond acceptors (Lipinski definition) is 10. The quantitative estimate of drug-likeness (QED) is 0.158. The lowest BCUT2D eigenvalue weighted by atomic mass is 9.92. The third-order valence-electron chi connectivity index (χ3n) is 5.43. The van der Waals surface area contributed by atoms with Gasteiger partial charge in [-0.25, -0.2) is 10.0 Å². The minimum atomic E-state index is -0.825. The van der Waals surface area contributed by atoms with E-state index < -0.39 is 17.6 Å². The minimum absolute atomic E-state index is 0.0942. The number of thiazole rings is 1. The van der Waals surface area contributed by atoms with Crippen molar-refractivity contribution in [1.29, 1.82) is 0 Å². The highest BCUT2D eigenvalue weighted by Crippen LogP contribution is 2.31. The lowest BCUT2D eigenvalue weighted by molar-refractivity contribution is -0.154. The predicted octanol–water partition coefficient (Wildman–Crippen LogP) is 2.43. The summed E-state index contributed by atoms with van der Waals surface area (Å²) in [4.78, 5) is 37.0. The fourth-order valence-electron chi connectivity index (χ4n) is 3.86.